The van der Waals surface area contributed by atoms with Crippen LogP contribution in [0.4, 0.5) is 10.6 Å². The van der Waals surface area contributed by atoms with Gasteiger partial charge in [-0.1, -0.05) is 24.3 Å². The molecule has 1 aliphatic rings. The number of aromatic nitrogens is 1. The Morgan fingerprint density at radius 1 is 1.25 bits per heavy atom. The van der Waals surface area contributed by atoms with Crippen molar-refractivity contribution in [3.05, 3.63) is 53.7 Å². The summed E-state index contributed by atoms with van der Waals surface area (Å²) in [6.45, 7) is 0.872. The van der Waals surface area contributed by atoms with Crippen LogP contribution in [0, 0.1) is 0 Å². The number of nitrogens with one attached hydrogen (secondary N) is 2. The molecule has 2 aromatic rings. The minimum Gasteiger partial charge on any atom is -0.491 e. The van der Waals surface area contributed by atoms with Gasteiger partial charge in [0.2, 0.25) is 0 Å². The van der Waals surface area contributed by atoms with Crippen molar-refractivity contribution in [1.82, 2.24) is 15.6 Å². The topological polar surface area (TPSA) is 66.5 Å². The summed E-state index contributed by atoms with van der Waals surface area (Å²) in [5.41, 5.74) is 1.94. The lowest BCUT2D eigenvalue weighted by Gasteiger charge is -2.26. The van der Waals surface area contributed by atoms with Gasteiger partial charge < -0.3 is 20.3 Å². The number of benzene rings is 1. The first kappa shape index (κ1) is 16.1. The molecule has 6 nitrogen and oxygen atoms in total. The van der Waals surface area contributed by atoms with Gasteiger partial charge in [0.15, 0.2) is 0 Å². The van der Waals surface area contributed by atoms with Crippen LogP contribution < -0.4 is 20.3 Å². The highest BCUT2D eigenvalue weighted by molar-refractivity contribution is 5.74. The van der Waals surface area contributed by atoms with Crippen molar-refractivity contribution in [2.24, 2.45) is 0 Å². The fraction of sp³-hybridized carbons (Fsp3) is 0.333. The molecular weight excluding hydrogens is 304 g/mol. The summed E-state index contributed by atoms with van der Waals surface area (Å²) in [5, 5.41) is 5.80. The molecule has 0 saturated carbocycles. The molecule has 2 heterocycles. The molecule has 0 saturated heterocycles. The Bertz CT molecular complexity index is 718. The predicted molar refractivity (Wildman–Crippen MR) is 93.4 cm³/mol. The normalized spacial score (nSPS) is 15.8. The number of carbonyl (C=O) groups excluding carboxylic acids is 1. The lowest BCUT2D eigenvalue weighted by molar-refractivity contribution is 0.214. The number of fused-ring (bicyclic) bond motifs is 1. The molecule has 2 amide bonds. The molecule has 0 radical (unpaired) electrons. The molecular formula is C18H22N4O2. The van der Waals surface area contributed by atoms with Crippen molar-refractivity contribution < 1.29 is 9.53 Å². The Morgan fingerprint density at radius 3 is 2.92 bits per heavy atom. The van der Waals surface area contributed by atoms with Crippen LogP contribution in [0.2, 0.25) is 0 Å². The Balaban J connectivity index is 1.51. The van der Waals surface area contributed by atoms with E-state index in [9.17, 15) is 4.79 Å². The van der Waals surface area contributed by atoms with E-state index in [0.717, 1.165) is 29.2 Å². The summed E-state index contributed by atoms with van der Waals surface area (Å²) in [5.74, 6) is 1.77. The molecule has 24 heavy (non-hydrogen) atoms. The summed E-state index contributed by atoms with van der Waals surface area (Å²) in [4.78, 5) is 18.5. The lowest BCUT2D eigenvalue weighted by Crippen LogP contribution is -2.47. The van der Waals surface area contributed by atoms with Crippen molar-refractivity contribution in [3.63, 3.8) is 0 Å². The average Bonchev–Trinajstić information content (AvgIpc) is 2.60. The molecule has 0 bridgehead atoms. The Morgan fingerprint density at radius 2 is 2.08 bits per heavy atom. The van der Waals surface area contributed by atoms with E-state index in [0.29, 0.717) is 13.2 Å². The van der Waals surface area contributed by atoms with E-state index in [2.05, 4.69) is 15.6 Å². The summed E-state index contributed by atoms with van der Waals surface area (Å²) in [7, 11) is 3.88. The molecule has 1 aromatic heterocycles. The Kier molecular flexibility index (Phi) is 4.84. The zero-order valence-corrected chi connectivity index (χ0v) is 14.0. The standard InChI is InChI=1S/C18H22N4O2/c1-22(2)17-9-5-7-14(20-17)11-19-18(23)21-15-10-13-6-3-4-8-16(13)24-12-15/h3-9,15H,10-12H2,1-2H3,(H2,19,21,23)/t15-/m1/s1. The van der Waals surface area contributed by atoms with Crippen LogP contribution >= 0.6 is 0 Å². The van der Waals surface area contributed by atoms with Crippen molar-refractivity contribution >= 4 is 11.8 Å². The second kappa shape index (κ2) is 7.21. The maximum absolute atomic E-state index is 12.1. The van der Waals surface area contributed by atoms with E-state index in [4.69, 9.17) is 4.74 Å². The molecule has 0 unspecified atom stereocenters. The highest BCUT2D eigenvalue weighted by atomic mass is 16.5. The summed E-state index contributed by atoms with van der Waals surface area (Å²) >= 11 is 0. The van der Waals surface area contributed by atoms with Gasteiger partial charge in [-0.2, -0.15) is 0 Å². The second-order valence-electron chi connectivity index (χ2n) is 6.03. The zero-order chi connectivity index (χ0) is 16.9. The smallest absolute Gasteiger partial charge is 0.315 e. The molecule has 6 heteroatoms. The third-order valence-corrected chi connectivity index (χ3v) is 3.89. The van der Waals surface area contributed by atoms with Gasteiger partial charge in [0.25, 0.3) is 0 Å². The molecule has 1 aliphatic heterocycles. The van der Waals surface area contributed by atoms with Gasteiger partial charge in [0.05, 0.1) is 18.3 Å². The molecule has 0 fully saturated rings. The first-order chi connectivity index (χ1) is 11.6. The van der Waals surface area contributed by atoms with Gasteiger partial charge in [-0.15, -0.1) is 0 Å². The Hall–Kier alpha value is -2.76. The number of rotatable bonds is 4. The number of hydrogen-bond donors (Lipinski definition) is 2. The minimum atomic E-state index is -0.208. The SMILES string of the molecule is CN(C)c1cccc(CNC(=O)N[C@H]2COc3ccccc3C2)n1. The average molecular weight is 326 g/mol. The first-order valence-corrected chi connectivity index (χ1v) is 8.00. The number of ether oxygens (including phenoxy) is 1. The van der Waals surface area contributed by atoms with Gasteiger partial charge in [-0.05, 0) is 30.2 Å². The van der Waals surface area contributed by atoms with Gasteiger partial charge in [-0.3, -0.25) is 0 Å². The van der Waals surface area contributed by atoms with Gasteiger partial charge in [0, 0.05) is 14.1 Å². The number of anilines is 1. The number of para-hydroxylation sites is 1. The quantitative estimate of drug-likeness (QED) is 0.901. The number of carbonyl (C=O) groups is 1. The minimum absolute atomic E-state index is 0.0269. The van der Waals surface area contributed by atoms with Crippen molar-refractivity contribution in [3.8, 4) is 5.75 Å². The van der Waals surface area contributed by atoms with Crippen LogP contribution in [-0.4, -0.2) is 37.8 Å². The molecule has 3 rings (SSSR count). The molecule has 126 valence electrons. The fourth-order valence-corrected chi connectivity index (χ4v) is 2.64. The van der Waals surface area contributed by atoms with Crippen molar-refractivity contribution in [1.29, 1.82) is 0 Å². The maximum atomic E-state index is 12.1. The molecule has 0 spiro atoms. The van der Waals surface area contributed by atoms with Crippen LogP contribution in [0.3, 0.4) is 0 Å². The number of hydrogen-bond acceptors (Lipinski definition) is 4. The van der Waals surface area contributed by atoms with Crippen LogP contribution in [0.1, 0.15) is 11.3 Å². The number of urea groups is 1. The van der Waals surface area contributed by atoms with E-state index >= 15 is 0 Å². The van der Waals surface area contributed by atoms with Gasteiger partial charge in [0.1, 0.15) is 18.2 Å². The van der Waals surface area contributed by atoms with Crippen LogP contribution in [0.5, 0.6) is 5.75 Å². The highest BCUT2D eigenvalue weighted by Crippen LogP contribution is 2.23. The van der Waals surface area contributed by atoms with Crippen LogP contribution in [0.25, 0.3) is 0 Å². The highest BCUT2D eigenvalue weighted by Gasteiger charge is 2.20. The van der Waals surface area contributed by atoms with Gasteiger partial charge in [-0.25, -0.2) is 9.78 Å². The predicted octanol–water partition coefficient (Wildman–Crippen LogP) is 1.95. The van der Waals surface area contributed by atoms with E-state index in [-0.39, 0.29) is 12.1 Å². The van der Waals surface area contributed by atoms with E-state index in [1.165, 1.54) is 0 Å². The molecule has 1 aromatic carbocycles. The summed E-state index contributed by atoms with van der Waals surface area (Å²) in [6.07, 6.45) is 0.776. The van der Waals surface area contributed by atoms with Crippen LogP contribution in [-0.2, 0) is 13.0 Å². The largest absolute Gasteiger partial charge is 0.491 e. The van der Waals surface area contributed by atoms with Gasteiger partial charge >= 0.3 is 6.03 Å². The third-order valence-electron chi connectivity index (χ3n) is 3.89. The number of amides is 2. The van der Waals surface area contributed by atoms with Crippen LogP contribution in [0.15, 0.2) is 42.5 Å². The molecule has 2 N–H and O–H groups in total. The summed E-state index contributed by atoms with van der Waals surface area (Å²) in [6, 6.07) is 13.4. The van der Waals surface area contributed by atoms with Crippen molar-refractivity contribution in [2.75, 3.05) is 25.6 Å². The maximum Gasteiger partial charge on any atom is 0.315 e. The monoisotopic (exact) mass is 326 g/mol. The molecule has 0 aliphatic carbocycles. The van der Waals surface area contributed by atoms with E-state index < -0.39 is 0 Å². The number of pyridine rings is 1. The third kappa shape index (κ3) is 3.95. The zero-order valence-electron chi connectivity index (χ0n) is 14.0. The summed E-state index contributed by atoms with van der Waals surface area (Å²) < 4.78 is 5.68. The molecule has 1 atom stereocenters. The first-order valence-electron chi connectivity index (χ1n) is 8.00. The van der Waals surface area contributed by atoms with Crippen molar-refractivity contribution in [2.45, 2.75) is 19.0 Å². The number of nitrogens with zero attached hydrogens (tertiary/aromatic N) is 2. The van der Waals surface area contributed by atoms with E-state index in [1.807, 2.05) is 61.5 Å². The Labute approximate surface area is 141 Å². The van der Waals surface area contributed by atoms with E-state index in [1.54, 1.807) is 0 Å². The second-order valence-corrected chi connectivity index (χ2v) is 6.03. The lowest BCUT2D eigenvalue weighted by atomic mass is 10.0. The fourth-order valence-electron chi connectivity index (χ4n) is 2.64.